The molecule has 0 amide bonds. The smallest absolute Gasteiger partial charge is 0.302 e. The normalized spacial score (nSPS) is 11.1. The highest BCUT2D eigenvalue weighted by molar-refractivity contribution is 5.65. The lowest BCUT2D eigenvalue weighted by molar-refractivity contribution is -0.426. The molecule has 0 atom stereocenters. The van der Waals surface area contributed by atoms with E-state index in [1.807, 2.05) is 43.3 Å². The summed E-state index contributed by atoms with van der Waals surface area (Å²) in [5.41, 5.74) is 1.92. The lowest BCUT2D eigenvalue weighted by Gasteiger charge is -2.11. The first-order valence-electron chi connectivity index (χ1n) is 6.66. The largest absolute Gasteiger partial charge is 0.466 e. The highest BCUT2D eigenvalue weighted by Gasteiger charge is 2.11. The van der Waals surface area contributed by atoms with Crippen LogP contribution in [0.25, 0.3) is 6.08 Å². The molecule has 0 aromatic heterocycles. The molecule has 0 aliphatic carbocycles. The molecule has 0 N–H and O–H groups in total. The summed E-state index contributed by atoms with van der Waals surface area (Å²) in [5.74, 6) is -0.374. The molecule has 0 heterocycles. The van der Waals surface area contributed by atoms with Gasteiger partial charge in [0.1, 0.15) is 0 Å². The van der Waals surface area contributed by atoms with Gasteiger partial charge in [-0.05, 0) is 24.1 Å². The molecule has 1 aromatic rings. The van der Waals surface area contributed by atoms with Crippen molar-refractivity contribution in [2.24, 2.45) is 0 Å². The van der Waals surface area contributed by atoms with Gasteiger partial charge < -0.3 is 9.64 Å². The maximum atomic E-state index is 11.0. The van der Waals surface area contributed by atoms with Crippen LogP contribution in [0.15, 0.2) is 30.0 Å². The molecule has 0 radical (unpaired) electrons. The zero-order valence-corrected chi connectivity index (χ0v) is 12.5. The Morgan fingerprint density at radius 3 is 2.43 bits per heavy atom. The fraction of sp³-hybridized carbons (Fsp3) is 0.400. The molecule has 114 valence electrons. The van der Waals surface area contributed by atoms with E-state index in [1.165, 1.54) is 6.92 Å². The first kappa shape index (κ1) is 16.7. The minimum atomic E-state index is -0.395. The highest BCUT2D eigenvalue weighted by atomic mass is 16.6. The second-order valence-electron chi connectivity index (χ2n) is 4.82. The Labute approximate surface area is 124 Å². The van der Waals surface area contributed by atoms with Gasteiger partial charge in [0.05, 0.1) is 11.5 Å². The van der Waals surface area contributed by atoms with Crippen LogP contribution >= 0.6 is 0 Å². The number of rotatable bonds is 7. The van der Waals surface area contributed by atoms with Gasteiger partial charge in [-0.25, -0.2) is 0 Å². The maximum absolute atomic E-state index is 11.0. The van der Waals surface area contributed by atoms with E-state index in [0.717, 1.165) is 11.3 Å². The molecule has 0 bridgehead atoms. The van der Waals surface area contributed by atoms with Crippen molar-refractivity contribution in [1.82, 2.24) is 0 Å². The van der Waals surface area contributed by atoms with Crippen molar-refractivity contribution in [1.29, 1.82) is 0 Å². The number of hydrogen-bond acceptors (Lipinski definition) is 5. The Morgan fingerprint density at radius 1 is 1.33 bits per heavy atom. The number of benzene rings is 1. The molecule has 0 spiro atoms. The van der Waals surface area contributed by atoms with Crippen molar-refractivity contribution in [3.8, 4) is 0 Å². The zero-order chi connectivity index (χ0) is 15.8. The van der Waals surface area contributed by atoms with Crippen LogP contribution < -0.4 is 4.90 Å². The van der Waals surface area contributed by atoms with Gasteiger partial charge >= 0.3 is 5.97 Å². The number of ether oxygens (including phenoxy) is 1. The summed E-state index contributed by atoms with van der Waals surface area (Å²) in [6.45, 7) is 1.51. The number of carbonyl (C=O) groups is 1. The Morgan fingerprint density at radius 2 is 1.95 bits per heavy atom. The molecule has 0 unspecified atom stereocenters. The van der Waals surface area contributed by atoms with Crippen molar-refractivity contribution in [3.63, 3.8) is 0 Å². The number of nitro groups is 1. The van der Waals surface area contributed by atoms with E-state index >= 15 is 0 Å². The Hall–Kier alpha value is -2.37. The Bertz CT molecular complexity index is 521. The first-order valence-corrected chi connectivity index (χ1v) is 6.66. The maximum Gasteiger partial charge on any atom is 0.302 e. The van der Waals surface area contributed by atoms with Gasteiger partial charge in [0, 0.05) is 39.2 Å². The van der Waals surface area contributed by atoms with E-state index in [4.69, 9.17) is 4.74 Å². The summed E-state index contributed by atoms with van der Waals surface area (Å²) >= 11 is 0. The lowest BCUT2D eigenvalue weighted by Crippen LogP contribution is -2.08. The average Bonchev–Trinajstić information content (AvgIpc) is 2.42. The Balaban J connectivity index is 2.70. The minimum Gasteiger partial charge on any atom is -0.466 e. The molecule has 0 aliphatic heterocycles. The number of anilines is 1. The van der Waals surface area contributed by atoms with Crippen molar-refractivity contribution < 1.29 is 14.5 Å². The van der Waals surface area contributed by atoms with Gasteiger partial charge in [0.2, 0.25) is 5.70 Å². The zero-order valence-electron chi connectivity index (χ0n) is 12.5. The third-order valence-electron chi connectivity index (χ3n) is 2.86. The van der Waals surface area contributed by atoms with E-state index < -0.39 is 4.92 Å². The number of esters is 1. The molecule has 0 aliphatic rings. The fourth-order valence-electron chi connectivity index (χ4n) is 1.75. The predicted octanol–water partition coefficient (Wildman–Crippen LogP) is 2.71. The number of nitrogens with zero attached hydrogens (tertiary/aromatic N) is 2. The van der Waals surface area contributed by atoms with E-state index in [0.29, 0.717) is 6.42 Å². The van der Waals surface area contributed by atoms with Crippen molar-refractivity contribution >= 4 is 17.7 Å². The minimum absolute atomic E-state index is 0.111. The summed E-state index contributed by atoms with van der Waals surface area (Å²) in [6.07, 6.45) is 2.24. The van der Waals surface area contributed by atoms with Crippen molar-refractivity contribution in [3.05, 3.63) is 45.6 Å². The van der Waals surface area contributed by atoms with Crippen LogP contribution in [-0.2, 0) is 9.53 Å². The second kappa shape index (κ2) is 8.04. The molecular formula is C15H20N2O4. The quantitative estimate of drug-likeness (QED) is 0.334. The molecule has 0 fully saturated rings. The highest BCUT2D eigenvalue weighted by Crippen LogP contribution is 2.16. The van der Waals surface area contributed by atoms with E-state index in [2.05, 4.69) is 0 Å². The van der Waals surface area contributed by atoms with Crippen LogP contribution in [0.3, 0.4) is 0 Å². The molecular weight excluding hydrogens is 272 g/mol. The standard InChI is InChI=1S/C15H20N2O4/c1-12(18)21-10-4-5-15(17(19)20)11-13-6-8-14(9-7-13)16(2)3/h6-9,11H,4-5,10H2,1-3H3. The Kier molecular flexibility index (Phi) is 6.39. The molecule has 1 rings (SSSR count). The first-order chi connectivity index (χ1) is 9.90. The van der Waals surface area contributed by atoms with Gasteiger partial charge in [0.15, 0.2) is 0 Å². The SMILES string of the molecule is CC(=O)OCCCC(=Cc1ccc(N(C)C)cc1)[N+](=O)[O-]. The monoisotopic (exact) mass is 292 g/mol. The second-order valence-corrected chi connectivity index (χ2v) is 4.82. The fourth-order valence-corrected chi connectivity index (χ4v) is 1.75. The summed E-state index contributed by atoms with van der Waals surface area (Å²) in [7, 11) is 3.87. The summed E-state index contributed by atoms with van der Waals surface area (Å²) in [5, 5.41) is 11.0. The summed E-state index contributed by atoms with van der Waals surface area (Å²) in [6, 6.07) is 7.49. The third kappa shape index (κ3) is 6.07. The van der Waals surface area contributed by atoms with Gasteiger partial charge in [0.25, 0.3) is 0 Å². The van der Waals surface area contributed by atoms with Crippen molar-refractivity contribution in [2.45, 2.75) is 19.8 Å². The van der Waals surface area contributed by atoms with Crippen LogP contribution in [0.5, 0.6) is 0 Å². The predicted molar refractivity (Wildman–Crippen MR) is 81.6 cm³/mol. The summed E-state index contributed by atoms with van der Waals surface area (Å²) < 4.78 is 4.77. The molecule has 6 nitrogen and oxygen atoms in total. The van der Waals surface area contributed by atoms with E-state index in [-0.39, 0.29) is 24.7 Å². The summed E-state index contributed by atoms with van der Waals surface area (Å²) in [4.78, 5) is 23.2. The van der Waals surface area contributed by atoms with Crippen LogP contribution in [-0.4, -0.2) is 31.6 Å². The van der Waals surface area contributed by atoms with Gasteiger partial charge in [-0.2, -0.15) is 0 Å². The molecule has 6 heteroatoms. The number of hydrogen-bond donors (Lipinski definition) is 0. The molecule has 1 aromatic carbocycles. The third-order valence-corrected chi connectivity index (χ3v) is 2.86. The van der Waals surface area contributed by atoms with E-state index in [9.17, 15) is 14.9 Å². The van der Waals surface area contributed by atoms with Crippen LogP contribution in [0.1, 0.15) is 25.3 Å². The van der Waals surface area contributed by atoms with Crippen LogP contribution in [0.2, 0.25) is 0 Å². The number of carbonyl (C=O) groups excluding carboxylic acids is 1. The van der Waals surface area contributed by atoms with Crippen LogP contribution in [0.4, 0.5) is 5.69 Å². The van der Waals surface area contributed by atoms with Gasteiger partial charge in [-0.15, -0.1) is 0 Å². The topological polar surface area (TPSA) is 72.7 Å². The number of allylic oxidation sites excluding steroid dienone is 1. The average molecular weight is 292 g/mol. The van der Waals surface area contributed by atoms with Gasteiger partial charge in [-0.3, -0.25) is 14.9 Å². The van der Waals surface area contributed by atoms with Gasteiger partial charge in [-0.1, -0.05) is 12.1 Å². The van der Waals surface area contributed by atoms with E-state index in [1.54, 1.807) is 6.08 Å². The molecule has 0 saturated carbocycles. The molecule has 21 heavy (non-hydrogen) atoms. The van der Waals surface area contributed by atoms with Crippen LogP contribution in [0, 0.1) is 10.1 Å². The molecule has 0 saturated heterocycles. The lowest BCUT2D eigenvalue weighted by atomic mass is 10.1. The van der Waals surface area contributed by atoms with Crippen molar-refractivity contribution in [2.75, 3.05) is 25.6 Å².